The number of nitrogens with zero attached hydrogens (tertiary/aromatic N) is 2. The van der Waals surface area contributed by atoms with E-state index in [0.717, 1.165) is 24.0 Å². The van der Waals surface area contributed by atoms with Gasteiger partial charge in [0.2, 0.25) is 0 Å². The van der Waals surface area contributed by atoms with Crippen molar-refractivity contribution >= 4 is 23.4 Å². The topological polar surface area (TPSA) is 70.1 Å². The van der Waals surface area contributed by atoms with E-state index in [2.05, 4.69) is 27.5 Å². The van der Waals surface area contributed by atoms with E-state index in [1.165, 1.54) is 12.8 Å². The molecule has 1 unspecified atom stereocenters. The summed E-state index contributed by atoms with van der Waals surface area (Å²) in [6.07, 6.45) is 4.35. The van der Waals surface area contributed by atoms with E-state index >= 15 is 0 Å². The van der Waals surface area contributed by atoms with Crippen LogP contribution in [0.1, 0.15) is 38.4 Å². The highest BCUT2D eigenvalue weighted by molar-refractivity contribution is 7.98. The van der Waals surface area contributed by atoms with Crippen LogP contribution in [0.3, 0.4) is 0 Å². The van der Waals surface area contributed by atoms with Gasteiger partial charge in [0.25, 0.3) is 0 Å². The lowest BCUT2D eigenvalue weighted by molar-refractivity contribution is 0.0996. The number of thioether (sulfide) groups is 1. The Balaban J connectivity index is 2.06. The van der Waals surface area contributed by atoms with E-state index in [4.69, 9.17) is 0 Å². The summed E-state index contributed by atoms with van der Waals surface area (Å²) in [5.41, 5.74) is -0.734. The Labute approximate surface area is 125 Å². The van der Waals surface area contributed by atoms with Crippen LogP contribution < -0.4 is 10.6 Å². The summed E-state index contributed by atoms with van der Waals surface area (Å²) in [7, 11) is 0. The molecule has 0 spiro atoms. The molecule has 0 aromatic carbocycles. The van der Waals surface area contributed by atoms with Gasteiger partial charge in [-0.05, 0) is 32.9 Å². The standard InChI is InChI=1S/C14H24N4OS/c1-4-15-11-7-12(16-8-14(2,19)9-20-3)18-13(17-11)10-5-6-10/h7,10,19H,4-6,8-9H2,1-3H3,(H2,15,16,17,18). The highest BCUT2D eigenvalue weighted by Crippen LogP contribution is 2.38. The first-order valence-corrected chi connectivity index (χ1v) is 8.51. The maximum atomic E-state index is 10.2. The van der Waals surface area contributed by atoms with Gasteiger partial charge >= 0.3 is 0 Å². The van der Waals surface area contributed by atoms with Gasteiger partial charge in [0.1, 0.15) is 17.5 Å². The number of rotatable bonds is 8. The van der Waals surface area contributed by atoms with Crippen LogP contribution in [-0.2, 0) is 0 Å². The zero-order valence-corrected chi connectivity index (χ0v) is 13.3. The largest absolute Gasteiger partial charge is 0.387 e. The van der Waals surface area contributed by atoms with Gasteiger partial charge in [-0.3, -0.25) is 0 Å². The van der Waals surface area contributed by atoms with Crippen LogP contribution in [0, 0.1) is 0 Å². The second-order valence-corrected chi connectivity index (χ2v) is 6.45. The molecule has 0 amide bonds. The van der Waals surface area contributed by atoms with Gasteiger partial charge in [0, 0.05) is 30.8 Å². The molecule has 6 heteroatoms. The van der Waals surface area contributed by atoms with Gasteiger partial charge in [-0.25, -0.2) is 9.97 Å². The van der Waals surface area contributed by atoms with Gasteiger partial charge in [-0.15, -0.1) is 0 Å². The Morgan fingerprint density at radius 3 is 2.55 bits per heavy atom. The van der Waals surface area contributed by atoms with E-state index in [0.29, 0.717) is 18.2 Å². The maximum absolute atomic E-state index is 10.2. The predicted molar refractivity (Wildman–Crippen MR) is 85.7 cm³/mol. The van der Waals surface area contributed by atoms with E-state index in [1.807, 2.05) is 19.2 Å². The molecule has 1 aliphatic rings. The molecule has 0 saturated heterocycles. The molecule has 112 valence electrons. The van der Waals surface area contributed by atoms with E-state index < -0.39 is 5.60 Å². The molecule has 3 N–H and O–H groups in total. The maximum Gasteiger partial charge on any atom is 0.136 e. The molecule has 1 saturated carbocycles. The van der Waals surface area contributed by atoms with Crippen molar-refractivity contribution in [2.75, 3.05) is 35.7 Å². The van der Waals surface area contributed by atoms with Crippen LogP contribution in [0.4, 0.5) is 11.6 Å². The summed E-state index contributed by atoms with van der Waals surface area (Å²) >= 11 is 1.64. The van der Waals surface area contributed by atoms with Crippen molar-refractivity contribution < 1.29 is 5.11 Å². The summed E-state index contributed by atoms with van der Waals surface area (Å²) in [5, 5.41) is 16.7. The summed E-state index contributed by atoms with van der Waals surface area (Å²) in [4.78, 5) is 9.10. The minimum absolute atomic E-state index is 0.487. The minimum atomic E-state index is -0.734. The normalized spacial score (nSPS) is 17.6. The molecular weight excluding hydrogens is 272 g/mol. The smallest absolute Gasteiger partial charge is 0.136 e. The fraction of sp³-hybridized carbons (Fsp3) is 0.714. The minimum Gasteiger partial charge on any atom is -0.387 e. The first kappa shape index (κ1) is 15.4. The summed E-state index contributed by atoms with van der Waals surface area (Å²) in [6.45, 7) is 5.21. The third-order valence-electron chi connectivity index (χ3n) is 3.15. The van der Waals surface area contributed by atoms with E-state index in [9.17, 15) is 5.11 Å². The summed E-state index contributed by atoms with van der Waals surface area (Å²) < 4.78 is 0. The number of anilines is 2. The Kier molecular flexibility index (Phi) is 5.10. The van der Waals surface area contributed by atoms with Gasteiger partial charge in [0.15, 0.2) is 0 Å². The lowest BCUT2D eigenvalue weighted by Gasteiger charge is -2.23. The number of aromatic nitrogens is 2. The summed E-state index contributed by atoms with van der Waals surface area (Å²) in [6, 6.07) is 1.91. The van der Waals surface area contributed by atoms with Gasteiger partial charge in [0.05, 0.1) is 5.60 Å². The Hall–Kier alpha value is -1.01. The molecule has 1 fully saturated rings. The predicted octanol–water partition coefficient (Wildman–Crippen LogP) is 2.31. The SMILES string of the molecule is CCNc1cc(NCC(C)(O)CSC)nc(C2CC2)n1. The highest BCUT2D eigenvalue weighted by atomic mass is 32.2. The fourth-order valence-electron chi connectivity index (χ4n) is 2.00. The molecule has 0 aliphatic heterocycles. The number of aliphatic hydroxyl groups is 1. The fourth-order valence-corrected chi connectivity index (χ4v) is 2.72. The average molecular weight is 296 g/mol. The van der Waals surface area contributed by atoms with Crippen molar-refractivity contribution in [1.29, 1.82) is 0 Å². The van der Waals surface area contributed by atoms with Gasteiger partial charge in [-0.1, -0.05) is 0 Å². The zero-order chi connectivity index (χ0) is 14.6. The van der Waals surface area contributed by atoms with Crippen molar-refractivity contribution in [2.45, 2.75) is 38.2 Å². The van der Waals surface area contributed by atoms with Crippen molar-refractivity contribution in [3.05, 3.63) is 11.9 Å². The number of nitrogens with one attached hydrogen (secondary N) is 2. The molecule has 20 heavy (non-hydrogen) atoms. The molecule has 0 radical (unpaired) electrons. The molecule has 1 heterocycles. The molecule has 0 bridgehead atoms. The van der Waals surface area contributed by atoms with E-state index in [-0.39, 0.29) is 0 Å². The molecule has 1 aromatic heterocycles. The molecule has 1 atom stereocenters. The van der Waals surface area contributed by atoms with Crippen molar-refractivity contribution in [3.8, 4) is 0 Å². The Morgan fingerprint density at radius 1 is 1.35 bits per heavy atom. The Morgan fingerprint density at radius 2 is 2.00 bits per heavy atom. The van der Waals surface area contributed by atoms with Crippen LogP contribution in [0.5, 0.6) is 0 Å². The zero-order valence-electron chi connectivity index (χ0n) is 12.4. The first-order chi connectivity index (χ1) is 9.54. The second-order valence-electron chi connectivity index (χ2n) is 5.58. The van der Waals surface area contributed by atoms with Crippen LogP contribution in [0.25, 0.3) is 0 Å². The highest BCUT2D eigenvalue weighted by Gasteiger charge is 2.27. The van der Waals surface area contributed by atoms with E-state index in [1.54, 1.807) is 11.8 Å². The third kappa shape index (κ3) is 4.52. The summed E-state index contributed by atoms with van der Waals surface area (Å²) in [5.74, 6) is 3.77. The Bertz CT molecular complexity index is 449. The van der Waals surface area contributed by atoms with Crippen LogP contribution in [-0.4, -0.2) is 45.8 Å². The molecule has 1 aromatic rings. The second kappa shape index (κ2) is 6.63. The quantitative estimate of drug-likeness (QED) is 0.684. The molecule has 5 nitrogen and oxygen atoms in total. The first-order valence-electron chi connectivity index (χ1n) is 7.12. The van der Waals surface area contributed by atoms with Crippen molar-refractivity contribution in [2.24, 2.45) is 0 Å². The third-order valence-corrected chi connectivity index (χ3v) is 4.06. The number of hydrogen-bond donors (Lipinski definition) is 3. The molecule has 1 aliphatic carbocycles. The van der Waals surface area contributed by atoms with Crippen molar-refractivity contribution in [1.82, 2.24) is 9.97 Å². The van der Waals surface area contributed by atoms with Gasteiger partial charge < -0.3 is 15.7 Å². The lowest BCUT2D eigenvalue weighted by atomic mass is 10.1. The van der Waals surface area contributed by atoms with Crippen LogP contribution in [0.2, 0.25) is 0 Å². The molecular formula is C14H24N4OS. The number of hydrogen-bond acceptors (Lipinski definition) is 6. The van der Waals surface area contributed by atoms with Crippen LogP contribution in [0.15, 0.2) is 6.07 Å². The molecule has 2 rings (SSSR count). The van der Waals surface area contributed by atoms with Crippen LogP contribution >= 0.6 is 11.8 Å². The van der Waals surface area contributed by atoms with Gasteiger partial charge in [-0.2, -0.15) is 11.8 Å². The van der Waals surface area contributed by atoms with Crippen molar-refractivity contribution in [3.63, 3.8) is 0 Å². The monoisotopic (exact) mass is 296 g/mol. The lowest BCUT2D eigenvalue weighted by Crippen LogP contribution is -2.36. The average Bonchev–Trinajstić information content (AvgIpc) is 3.21.